The first-order valence-corrected chi connectivity index (χ1v) is 15.8. The van der Waals surface area contributed by atoms with Gasteiger partial charge in [0.05, 0.1) is 30.1 Å². The number of amides is 1. The molecule has 11 heteroatoms. The summed E-state index contributed by atoms with van der Waals surface area (Å²) in [6, 6.07) is 19.1. The van der Waals surface area contributed by atoms with Crippen LogP contribution in [0.1, 0.15) is 61.4 Å². The molecule has 0 spiro atoms. The monoisotopic (exact) mass is 629 g/mol. The second kappa shape index (κ2) is 12.7. The minimum Gasteiger partial charge on any atom is -0.481 e. The smallest absolute Gasteiger partial charge is 0.304 e. The first kappa shape index (κ1) is 30.5. The van der Waals surface area contributed by atoms with Crippen molar-refractivity contribution in [3.63, 3.8) is 0 Å². The molecule has 1 saturated carbocycles. The minimum atomic E-state index is -3.00. The maximum Gasteiger partial charge on any atom is 0.304 e. The van der Waals surface area contributed by atoms with Crippen LogP contribution in [-0.4, -0.2) is 52.2 Å². The van der Waals surface area contributed by atoms with Gasteiger partial charge in [0, 0.05) is 34.7 Å². The summed E-state index contributed by atoms with van der Waals surface area (Å²) in [6.07, 6.45) is 3.23. The summed E-state index contributed by atoms with van der Waals surface area (Å²) in [5.74, 6) is -1.60. The summed E-state index contributed by atoms with van der Waals surface area (Å²) < 4.78 is 26.5. The van der Waals surface area contributed by atoms with Gasteiger partial charge in [-0.2, -0.15) is 4.31 Å². The highest BCUT2D eigenvalue weighted by atomic mass is 35.5. The number of nitrogens with zero attached hydrogens (tertiary/aromatic N) is 3. The third-order valence-corrected chi connectivity index (χ3v) is 9.61. The lowest BCUT2D eigenvalue weighted by atomic mass is 9.67. The van der Waals surface area contributed by atoms with E-state index < -0.39 is 34.4 Å². The number of carbonyl (C=O) groups excluding carboxylic acids is 1. The third-order valence-electron chi connectivity index (χ3n) is 8.35. The number of rotatable bonds is 11. The SMILES string of the molecule is C[C@]1(CC(=O)O)CC(c2cccc(Cl)c2)[C@@H](c2ccc(Cl)cc2)N(C(CN(Cc2ccccn2)[SH](=O)=O)C2CC2)C1=O. The molecule has 1 amide bonds. The first-order valence-electron chi connectivity index (χ1n) is 13.9. The molecule has 2 unspecified atom stereocenters. The van der Waals surface area contributed by atoms with Crippen molar-refractivity contribution in [1.82, 2.24) is 14.2 Å². The molecule has 1 aromatic heterocycles. The fourth-order valence-electron chi connectivity index (χ4n) is 6.27. The summed E-state index contributed by atoms with van der Waals surface area (Å²) >= 11 is 12.7. The molecule has 2 aliphatic rings. The Morgan fingerprint density at radius 2 is 1.81 bits per heavy atom. The number of piperidine rings is 1. The Bertz CT molecular complexity index is 1510. The van der Waals surface area contributed by atoms with E-state index in [9.17, 15) is 23.1 Å². The van der Waals surface area contributed by atoms with E-state index in [4.69, 9.17) is 23.2 Å². The molecule has 2 aromatic carbocycles. The number of likely N-dealkylation sites (tertiary alicyclic amines) is 1. The Morgan fingerprint density at radius 3 is 2.40 bits per heavy atom. The van der Waals surface area contributed by atoms with Gasteiger partial charge in [0.2, 0.25) is 16.8 Å². The maximum atomic E-state index is 14.6. The van der Waals surface area contributed by atoms with Gasteiger partial charge in [-0.25, -0.2) is 8.42 Å². The van der Waals surface area contributed by atoms with Crippen LogP contribution in [0.25, 0.3) is 0 Å². The molecule has 0 radical (unpaired) electrons. The summed E-state index contributed by atoms with van der Waals surface area (Å²) in [4.78, 5) is 32.8. The van der Waals surface area contributed by atoms with Crippen molar-refractivity contribution in [2.75, 3.05) is 6.54 Å². The molecule has 8 nitrogen and oxygen atoms in total. The second-order valence-corrected chi connectivity index (χ2v) is 13.4. The predicted octanol–water partition coefficient (Wildman–Crippen LogP) is 5.73. The summed E-state index contributed by atoms with van der Waals surface area (Å²) in [6.45, 7) is 1.84. The van der Waals surface area contributed by atoms with Gasteiger partial charge < -0.3 is 10.0 Å². The number of benzene rings is 2. The molecule has 5 rings (SSSR count). The number of aromatic nitrogens is 1. The Morgan fingerprint density at radius 1 is 1.07 bits per heavy atom. The van der Waals surface area contributed by atoms with Crippen LogP contribution in [0.2, 0.25) is 10.0 Å². The Labute approximate surface area is 257 Å². The van der Waals surface area contributed by atoms with E-state index in [0.29, 0.717) is 15.7 Å². The number of aliphatic carboxylic acids is 1. The van der Waals surface area contributed by atoms with Gasteiger partial charge in [0.1, 0.15) is 0 Å². The van der Waals surface area contributed by atoms with Crippen molar-refractivity contribution in [2.24, 2.45) is 11.3 Å². The van der Waals surface area contributed by atoms with E-state index in [1.807, 2.05) is 30.3 Å². The lowest BCUT2D eigenvalue weighted by Crippen LogP contribution is -2.58. The van der Waals surface area contributed by atoms with Crippen molar-refractivity contribution in [2.45, 2.75) is 57.2 Å². The molecule has 4 atom stereocenters. The van der Waals surface area contributed by atoms with E-state index in [2.05, 4.69) is 4.98 Å². The van der Waals surface area contributed by atoms with Gasteiger partial charge in [-0.1, -0.05) is 60.5 Å². The van der Waals surface area contributed by atoms with E-state index in [0.717, 1.165) is 24.0 Å². The molecule has 42 heavy (non-hydrogen) atoms. The second-order valence-electron chi connectivity index (χ2n) is 11.5. The van der Waals surface area contributed by atoms with Gasteiger partial charge in [0.15, 0.2) is 0 Å². The van der Waals surface area contributed by atoms with Crippen molar-refractivity contribution < 1.29 is 23.1 Å². The number of carboxylic acid groups (broad SMARTS) is 1. The summed E-state index contributed by atoms with van der Waals surface area (Å²) in [7, 11) is -3.00. The zero-order chi connectivity index (χ0) is 30.0. The molecule has 2 fully saturated rings. The van der Waals surface area contributed by atoms with Crippen LogP contribution < -0.4 is 0 Å². The summed E-state index contributed by atoms with van der Waals surface area (Å²) in [5, 5.41) is 11.0. The topological polar surface area (TPSA) is 108 Å². The van der Waals surface area contributed by atoms with E-state index in [-0.39, 0.29) is 43.7 Å². The van der Waals surface area contributed by atoms with Gasteiger partial charge >= 0.3 is 5.97 Å². The van der Waals surface area contributed by atoms with Crippen LogP contribution in [0.3, 0.4) is 0 Å². The van der Waals surface area contributed by atoms with Crippen molar-refractivity contribution >= 4 is 46.0 Å². The number of halogens is 2. The third kappa shape index (κ3) is 6.80. The molecule has 1 saturated heterocycles. The molecule has 1 aliphatic heterocycles. The largest absolute Gasteiger partial charge is 0.481 e. The van der Waals surface area contributed by atoms with Gasteiger partial charge in [-0.15, -0.1) is 0 Å². The lowest BCUT2D eigenvalue weighted by Gasteiger charge is -2.52. The van der Waals surface area contributed by atoms with E-state index in [1.54, 1.807) is 54.4 Å². The zero-order valence-corrected chi connectivity index (χ0v) is 25.5. The van der Waals surface area contributed by atoms with E-state index >= 15 is 0 Å². The van der Waals surface area contributed by atoms with Gasteiger partial charge in [-0.05, 0) is 72.7 Å². The van der Waals surface area contributed by atoms with Crippen LogP contribution in [0.5, 0.6) is 0 Å². The molecule has 0 bridgehead atoms. The Hall–Kier alpha value is -2.98. The molecule has 1 aliphatic carbocycles. The molecule has 222 valence electrons. The lowest BCUT2D eigenvalue weighted by molar-refractivity contribution is -0.161. The number of thiol groups is 1. The van der Waals surface area contributed by atoms with Crippen molar-refractivity contribution in [3.05, 3.63) is 99.8 Å². The Balaban J connectivity index is 1.64. The first-order chi connectivity index (χ1) is 20.1. The molecular weight excluding hydrogens is 597 g/mol. The van der Waals surface area contributed by atoms with Gasteiger partial charge in [0.25, 0.3) is 0 Å². The fraction of sp³-hybridized carbons (Fsp3) is 0.387. The molecule has 3 aromatic rings. The number of carbonyl (C=O) groups is 2. The normalized spacial score (nSPS) is 23.4. The quantitative estimate of drug-likeness (QED) is 0.262. The molecule has 1 N–H and O–H groups in total. The molecular formula is C31H33Cl2N3O5S. The van der Waals surface area contributed by atoms with Gasteiger partial charge in [-0.3, -0.25) is 14.6 Å². The van der Waals surface area contributed by atoms with Crippen LogP contribution in [0.15, 0.2) is 72.9 Å². The molecule has 2 heterocycles. The standard InChI is InChI=1S/C31H33Cl2N3O5S/c1-31(17-28(37)38)16-26(22-5-4-6-24(33)15-22)29(21-10-12-23(32)13-11-21)36(30(31)39)27(20-8-9-20)19-35(42(40)41)18-25-7-2-3-14-34-25/h2-7,10-15,20,26-27,29,42H,8-9,16-19H2,1H3,(H,37,38)/t26?,27?,29-,31-/m1/s1. The highest BCUT2D eigenvalue weighted by molar-refractivity contribution is 7.69. The van der Waals surface area contributed by atoms with Crippen LogP contribution in [-0.2, 0) is 27.0 Å². The van der Waals surface area contributed by atoms with Crippen molar-refractivity contribution in [3.8, 4) is 0 Å². The van der Waals surface area contributed by atoms with Crippen LogP contribution >= 0.6 is 23.2 Å². The number of pyridine rings is 1. The van der Waals surface area contributed by atoms with Crippen LogP contribution in [0.4, 0.5) is 0 Å². The van der Waals surface area contributed by atoms with Crippen molar-refractivity contribution in [1.29, 1.82) is 0 Å². The number of carboxylic acids is 1. The zero-order valence-electron chi connectivity index (χ0n) is 23.1. The fourth-order valence-corrected chi connectivity index (χ4v) is 7.16. The average molecular weight is 631 g/mol. The number of hydrogen-bond donors (Lipinski definition) is 2. The van der Waals surface area contributed by atoms with E-state index in [1.165, 1.54) is 4.31 Å². The average Bonchev–Trinajstić information content (AvgIpc) is 3.79. The highest BCUT2D eigenvalue weighted by Gasteiger charge is 2.54. The predicted molar refractivity (Wildman–Crippen MR) is 162 cm³/mol. The minimum absolute atomic E-state index is 0.0668. The maximum absolute atomic E-state index is 14.6. The number of hydrogen-bond acceptors (Lipinski definition) is 5. The highest BCUT2D eigenvalue weighted by Crippen LogP contribution is 2.54. The van der Waals surface area contributed by atoms with Crippen LogP contribution in [0, 0.1) is 11.3 Å². The Kier molecular flexibility index (Phi) is 9.23. The summed E-state index contributed by atoms with van der Waals surface area (Å²) in [5.41, 5.74) is 1.09.